The van der Waals surface area contributed by atoms with E-state index in [1.165, 1.54) is 0 Å². The molecule has 4 aromatic rings. The highest BCUT2D eigenvalue weighted by Gasteiger charge is 2.13. The van der Waals surface area contributed by atoms with E-state index < -0.39 is 0 Å². The standard InChI is InChI=1S/C20H20ClN7/c1-28-19-16(11-24-28)18(25-15-9-7-14(21)8-10-15)26-20(27-19)23-12-17(22)13-5-3-2-4-6-13/h2-11,17H,12,22H2,1H3,(H2,23,25,26,27). The number of nitrogens with zero attached hydrogens (tertiary/aromatic N) is 4. The highest BCUT2D eigenvalue weighted by Crippen LogP contribution is 2.25. The van der Waals surface area contributed by atoms with Gasteiger partial charge in [0.15, 0.2) is 5.65 Å². The van der Waals surface area contributed by atoms with Gasteiger partial charge >= 0.3 is 0 Å². The molecule has 2 aromatic carbocycles. The minimum absolute atomic E-state index is 0.167. The molecule has 1 unspecified atom stereocenters. The van der Waals surface area contributed by atoms with Crippen molar-refractivity contribution in [1.29, 1.82) is 0 Å². The molecular weight excluding hydrogens is 374 g/mol. The van der Waals surface area contributed by atoms with Crippen LogP contribution in [0.3, 0.4) is 0 Å². The lowest BCUT2D eigenvalue weighted by Gasteiger charge is -2.14. The summed E-state index contributed by atoms with van der Waals surface area (Å²) >= 11 is 5.97. The van der Waals surface area contributed by atoms with Gasteiger partial charge in [-0.25, -0.2) is 0 Å². The van der Waals surface area contributed by atoms with Gasteiger partial charge in [-0.1, -0.05) is 41.9 Å². The number of fused-ring (bicyclic) bond motifs is 1. The fourth-order valence-electron chi connectivity index (χ4n) is 2.89. The summed E-state index contributed by atoms with van der Waals surface area (Å²) in [6, 6.07) is 17.2. The number of hydrogen-bond acceptors (Lipinski definition) is 6. The molecule has 0 spiro atoms. The monoisotopic (exact) mass is 393 g/mol. The molecule has 4 N–H and O–H groups in total. The molecule has 0 aliphatic carbocycles. The van der Waals surface area contributed by atoms with Crippen molar-refractivity contribution in [3.05, 3.63) is 71.4 Å². The van der Waals surface area contributed by atoms with Gasteiger partial charge in [0.1, 0.15) is 5.82 Å². The average Bonchev–Trinajstić information content (AvgIpc) is 3.10. The van der Waals surface area contributed by atoms with Crippen LogP contribution in [0.5, 0.6) is 0 Å². The number of benzene rings is 2. The van der Waals surface area contributed by atoms with Gasteiger partial charge in [-0.3, -0.25) is 4.68 Å². The van der Waals surface area contributed by atoms with Gasteiger partial charge in [-0.05, 0) is 29.8 Å². The van der Waals surface area contributed by atoms with Crippen LogP contribution in [0.15, 0.2) is 60.8 Å². The van der Waals surface area contributed by atoms with E-state index in [0.717, 1.165) is 22.3 Å². The molecule has 0 saturated heterocycles. The molecule has 7 nitrogen and oxygen atoms in total. The number of rotatable bonds is 6. The Balaban J connectivity index is 1.60. The highest BCUT2D eigenvalue weighted by atomic mass is 35.5. The van der Waals surface area contributed by atoms with Gasteiger partial charge in [-0.2, -0.15) is 15.1 Å². The quantitative estimate of drug-likeness (QED) is 0.460. The molecule has 1 atom stereocenters. The van der Waals surface area contributed by atoms with Crippen LogP contribution in [0.2, 0.25) is 5.02 Å². The van der Waals surface area contributed by atoms with Crippen molar-refractivity contribution < 1.29 is 0 Å². The van der Waals surface area contributed by atoms with Crippen LogP contribution < -0.4 is 16.4 Å². The second kappa shape index (κ2) is 7.84. The van der Waals surface area contributed by atoms with Gasteiger partial charge in [0.25, 0.3) is 0 Å². The second-order valence-corrected chi connectivity index (χ2v) is 6.87. The van der Waals surface area contributed by atoms with Crippen LogP contribution in [0.1, 0.15) is 11.6 Å². The molecule has 0 saturated carbocycles. The first kappa shape index (κ1) is 18.2. The summed E-state index contributed by atoms with van der Waals surface area (Å²) < 4.78 is 1.71. The summed E-state index contributed by atoms with van der Waals surface area (Å²) in [4.78, 5) is 9.20. The second-order valence-electron chi connectivity index (χ2n) is 6.43. The maximum atomic E-state index is 6.28. The van der Waals surface area contributed by atoms with Gasteiger partial charge in [-0.15, -0.1) is 0 Å². The average molecular weight is 394 g/mol. The SMILES string of the molecule is Cn1ncc2c(Nc3ccc(Cl)cc3)nc(NCC(N)c3ccccc3)nc21. The molecule has 142 valence electrons. The predicted octanol–water partition coefficient (Wildman–Crippen LogP) is 3.87. The number of nitrogens with two attached hydrogens (primary N) is 1. The summed E-state index contributed by atoms with van der Waals surface area (Å²) in [6.07, 6.45) is 1.74. The first-order valence-electron chi connectivity index (χ1n) is 8.87. The third kappa shape index (κ3) is 3.90. The molecule has 8 heteroatoms. The zero-order valence-electron chi connectivity index (χ0n) is 15.3. The molecule has 28 heavy (non-hydrogen) atoms. The molecule has 0 aliphatic rings. The minimum atomic E-state index is -0.167. The Labute approximate surface area is 167 Å². The Morgan fingerprint density at radius 3 is 2.57 bits per heavy atom. The number of aromatic nitrogens is 4. The maximum Gasteiger partial charge on any atom is 0.226 e. The number of aryl methyl sites for hydroxylation is 1. The summed E-state index contributed by atoms with van der Waals surface area (Å²) in [6.45, 7) is 0.508. The predicted molar refractivity (Wildman–Crippen MR) is 113 cm³/mol. The first-order chi connectivity index (χ1) is 13.6. The smallest absolute Gasteiger partial charge is 0.226 e. The number of hydrogen-bond donors (Lipinski definition) is 3. The van der Waals surface area contributed by atoms with Crippen LogP contribution in [0, 0.1) is 0 Å². The normalized spacial score (nSPS) is 12.1. The van der Waals surface area contributed by atoms with Crippen LogP contribution in [-0.2, 0) is 7.05 Å². The van der Waals surface area contributed by atoms with E-state index in [4.69, 9.17) is 17.3 Å². The molecule has 4 rings (SSSR count). The summed E-state index contributed by atoms with van der Waals surface area (Å²) in [5.74, 6) is 1.15. The third-order valence-electron chi connectivity index (χ3n) is 4.41. The molecule has 0 fully saturated rings. The molecule has 0 bridgehead atoms. The molecule has 2 heterocycles. The zero-order chi connectivity index (χ0) is 19.5. The van der Waals surface area contributed by atoms with Crippen molar-refractivity contribution in [2.45, 2.75) is 6.04 Å². The van der Waals surface area contributed by atoms with E-state index in [9.17, 15) is 0 Å². The van der Waals surface area contributed by atoms with Crippen molar-refractivity contribution in [2.24, 2.45) is 12.8 Å². The molecule has 0 aliphatic heterocycles. The molecule has 2 aromatic heterocycles. The Kier molecular flexibility index (Phi) is 5.10. The largest absolute Gasteiger partial charge is 0.352 e. The Hall–Kier alpha value is -3.16. The van der Waals surface area contributed by atoms with Crippen molar-refractivity contribution in [3.63, 3.8) is 0 Å². The fraction of sp³-hybridized carbons (Fsp3) is 0.150. The van der Waals surface area contributed by atoms with E-state index in [2.05, 4.69) is 25.7 Å². The Morgan fingerprint density at radius 2 is 1.82 bits per heavy atom. The number of anilines is 3. The van der Waals surface area contributed by atoms with Crippen LogP contribution in [-0.4, -0.2) is 26.3 Å². The van der Waals surface area contributed by atoms with E-state index in [1.807, 2.05) is 61.6 Å². The first-order valence-corrected chi connectivity index (χ1v) is 9.24. The van der Waals surface area contributed by atoms with Crippen molar-refractivity contribution in [3.8, 4) is 0 Å². The van der Waals surface area contributed by atoms with Crippen molar-refractivity contribution in [1.82, 2.24) is 19.7 Å². The Morgan fingerprint density at radius 1 is 1.07 bits per heavy atom. The molecule has 0 radical (unpaired) electrons. The maximum absolute atomic E-state index is 6.28. The lowest BCUT2D eigenvalue weighted by atomic mass is 10.1. The Bertz CT molecular complexity index is 1080. The minimum Gasteiger partial charge on any atom is -0.352 e. The van der Waals surface area contributed by atoms with Crippen molar-refractivity contribution >= 4 is 40.1 Å². The van der Waals surface area contributed by atoms with E-state index in [0.29, 0.717) is 23.3 Å². The summed E-state index contributed by atoms with van der Waals surface area (Å²) in [7, 11) is 1.85. The van der Waals surface area contributed by atoms with Crippen LogP contribution in [0.25, 0.3) is 11.0 Å². The number of halogens is 1. The third-order valence-corrected chi connectivity index (χ3v) is 4.66. The van der Waals surface area contributed by atoms with Gasteiger partial charge in [0.2, 0.25) is 5.95 Å². The summed E-state index contributed by atoms with van der Waals surface area (Å²) in [5, 5.41) is 12.4. The van der Waals surface area contributed by atoms with Crippen molar-refractivity contribution in [2.75, 3.05) is 17.2 Å². The van der Waals surface area contributed by atoms with Gasteiger partial charge in [0.05, 0.1) is 11.6 Å². The van der Waals surface area contributed by atoms with Crippen LogP contribution >= 0.6 is 11.6 Å². The fourth-order valence-corrected chi connectivity index (χ4v) is 3.01. The van der Waals surface area contributed by atoms with E-state index >= 15 is 0 Å². The lowest BCUT2D eigenvalue weighted by Crippen LogP contribution is -2.21. The van der Waals surface area contributed by atoms with Gasteiger partial charge in [0, 0.05) is 30.3 Å². The molecular formula is C20H20ClN7. The summed E-state index contributed by atoms with van der Waals surface area (Å²) in [5.41, 5.74) is 8.93. The lowest BCUT2D eigenvalue weighted by molar-refractivity contribution is 0.756. The highest BCUT2D eigenvalue weighted by molar-refractivity contribution is 6.30. The van der Waals surface area contributed by atoms with E-state index in [1.54, 1.807) is 10.9 Å². The van der Waals surface area contributed by atoms with Crippen LogP contribution in [0.4, 0.5) is 17.5 Å². The number of nitrogens with one attached hydrogen (secondary N) is 2. The van der Waals surface area contributed by atoms with Gasteiger partial charge < -0.3 is 16.4 Å². The topological polar surface area (TPSA) is 93.7 Å². The zero-order valence-corrected chi connectivity index (χ0v) is 16.1. The van der Waals surface area contributed by atoms with E-state index in [-0.39, 0.29) is 6.04 Å². The molecule has 0 amide bonds.